The van der Waals surface area contributed by atoms with Crippen LogP contribution in [0, 0.1) is 11.3 Å². The van der Waals surface area contributed by atoms with Gasteiger partial charge >= 0.3 is 0 Å². The van der Waals surface area contributed by atoms with Gasteiger partial charge in [-0.2, -0.15) is 5.26 Å². The maximum Gasteiger partial charge on any atom is 0.191 e. The van der Waals surface area contributed by atoms with Crippen LogP contribution in [0.1, 0.15) is 44.2 Å². The molecule has 1 aliphatic rings. The van der Waals surface area contributed by atoms with Crippen molar-refractivity contribution in [1.82, 2.24) is 15.5 Å². The van der Waals surface area contributed by atoms with Gasteiger partial charge in [-0.1, -0.05) is 18.6 Å². The first-order chi connectivity index (χ1) is 11.5. The fraction of sp³-hybridized carbons (Fsp3) is 0.579. The first-order valence-electron chi connectivity index (χ1n) is 8.74. The van der Waals surface area contributed by atoms with E-state index in [4.69, 9.17) is 5.26 Å². The van der Waals surface area contributed by atoms with Gasteiger partial charge in [0.05, 0.1) is 11.6 Å². The summed E-state index contributed by atoms with van der Waals surface area (Å²) in [5.74, 6) is 0.810. The lowest BCUT2D eigenvalue weighted by molar-refractivity contribution is 0.0982. The number of nitriles is 1. The average Bonchev–Trinajstić information content (AvgIpc) is 2.63. The molecule has 0 radical (unpaired) electrons. The largest absolute Gasteiger partial charge is 0.355 e. The third-order valence-corrected chi connectivity index (χ3v) is 4.67. The zero-order valence-electron chi connectivity index (χ0n) is 15.1. The van der Waals surface area contributed by atoms with Crippen LogP contribution in [0.25, 0.3) is 0 Å². The minimum absolute atomic E-state index is 0.118. The van der Waals surface area contributed by atoms with Crippen LogP contribution in [0.15, 0.2) is 29.3 Å². The summed E-state index contributed by atoms with van der Waals surface area (Å²) in [7, 11) is 1.79. The topological polar surface area (TPSA) is 63.5 Å². The molecule has 2 N–H and O–H groups in total. The number of hydrogen-bond acceptors (Lipinski definition) is 3. The van der Waals surface area contributed by atoms with E-state index in [0.717, 1.165) is 18.1 Å². The smallest absolute Gasteiger partial charge is 0.191 e. The number of guanidine groups is 1. The molecule has 5 nitrogen and oxygen atoms in total. The minimum Gasteiger partial charge on any atom is -0.355 e. The molecule has 1 saturated heterocycles. The van der Waals surface area contributed by atoms with Crippen LogP contribution in [-0.4, -0.2) is 43.1 Å². The van der Waals surface area contributed by atoms with E-state index in [1.165, 1.54) is 32.4 Å². The zero-order chi connectivity index (χ0) is 17.4. The molecule has 0 aliphatic carbocycles. The highest BCUT2D eigenvalue weighted by Gasteiger charge is 2.27. The summed E-state index contributed by atoms with van der Waals surface area (Å²) in [6.45, 7) is 8.51. The molecule has 24 heavy (non-hydrogen) atoms. The van der Waals surface area contributed by atoms with E-state index in [1.54, 1.807) is 7.05 Å². The summed E-state index contributed by atoms with van der Waals surface area (Å²) in [6, 6.07) is 9.75. The summed E-state index contributed by atoms with van der Waals surface area (Å²) in [5, 5.41) is 15.6. The second kappa shape index (κ2) is 8.70. The van der Waals surface area contributed by atoms with Gasteiger partial charge in [0.1, 0.15) is 0 Å². The molecular formula is C19H29N5. The molecule has 130 valence electrons. The fourth-order valence-electron chi connectivity index (χ4n) is 3.01. The number of hydrogen-bond donors (Lipinski definition) is 2. The van der Waals surface area contributed by atoms with Gasteiger partial charge in [0.15, 0.2) is 5.96 Å². The third kappa shape index (κ3) is 5.24. The molecule has 2 rings (SSSR count). The summed E-state index contributed by atoms with van der Waals surface area (Å²) < 4.78 is 0. The van der Waals surface area contributed by atoms with Crippen molar-refractivity contribution < 1.29 is 0 Å². The second-order valence-corrected chi connectivity index (χ2v) is 6.95. The Morgan fingerprint density at radius 1 is 1.17 bits per heavy atom. The predicted octanol–water partition coefficient (Wildman–Crippen LogP) is 2.49. The number of nitrogens with one attached hydrogen (secondary N) is 2. The Bertz CT molecular complexity index is 577. The highest BCUT2D eigenvalue weighted by Crippen LogP contribution is 2.19. The summed E-state index contributed by atoms with van der Waals surface area (Å²) >= 11 is 0. The van der Waals surface area contributed by atoms with Gasteiger partial charge in [-0.3, -0.25) is 9.89 Å². The van der Waals surface area contributed by atoms with Gasteiger partial charge in [-0.15, -0.1) is 0 Å². The van der Waals surface area contributed by atoms with Crippen molar-refractivity contribution in [1.29, 1.82) is 5.26 Å². The Balaban J connectivity index is 1.82. The van der Waals surface area contributed by atoms with Crippen molar-refractivity contribution in [2.75, 3.05) is 26.7 Å². The third-order valence-electron chi connectivity index (χ3n) is 4.67. The molecule has 0 atom stereocenters. The van der Waals surface area contributed by atoms with Crippen LogP contribution in [0.5, 0.6) is 0 Å². The standard InChI is InChI=1S/C19H29N5/c1-19(2,24-11-5-4-6-12-24)15-23-18(21-3)22-14-17-9-7-16(13-20)8-10-17/h7-10H,4-6,11-12,14-15H2,1-3H3,(H2,21,22,23). The molecule has 1 aromatic rings. The van der Waals surface area contributed by atoms with Crippen LogP contribution in [0.4, 0.5) is 0 Å². The van der Waals surface area contributed by atoms with E-state index in [-0.39, 0.29) is 5.54 Å². The number of nitrogens with zero attached hydrogens (tertiary/aromatic N) is 3. The van der Waals surface area contributed by atoms with Crippen molar-refractivity contribution >= 4 is 5.96 Å². The highest BCUT2D eigenvalue weighted by atomic mass is 15.2. The Labute approximate surface area is 145 Å². The molecule has 0 amide bonds. The normalized spacial score (nSPS) is 16.5. The summed E-state index contributed by atoms with van der Waals surface area (Å²) in [6.07, 6.45) is 3.96. The lowest BCUT2D eigenvalue weighted by atomic mass is 9.98. The Morgan fingerprint density at radius 2 is 1.83 bits per heavy atom. The van der Waals surface area contributed by atoms with E-state index in [0.29, 0.717) is 12.1 Å². The van der Waals surface area contributed by atoms with Crippen molar-refractivity contribution in [2.24, 2.45) is 4.99 Å². The van der Waals surface area contributed by atoms with Gasteiger partial charge in [-0.25, -0.2) is 0 Å². The highest BCUT2D eigenvalue weighted by molar-refractivity contribution is 5.79. The number of rotatable bonds is 5. The van der Waals surface area contributed by atoms with Crippen molar-refractivity contribution in [2.45, 2.75) is 45.2 Å². The monoisotopic (exact) mass is 327 g/mol. The molecule has 1 aromatic carbocycles. The fourth-order valence-corrected chi connectivity index (χ4v) is 3.01. The molecular weight excluding hydrogens is 298 g/mol. The van der Waals surface area contributed by atoms with Crippen LogP contribution >= 0.6 is 0 Å². The molecule has 0 saturated carbocycles. The predicted molar refractivity (Wildman–Crippen MR) is 98.9 cm³/mol. The maximum atomic E-state index is 8.84. The molecule has 0 unspecified atom stereocenters. The van der Waals surface area contributed by atoms with Gasteiger partial charge in [0, 0.05) is 25.7 Å². The Morgan fingerprint density at radius 3 is 2.42 bits per heavy atom. The zero-order valence-corrected chi connectivity index (χ0v) is 15.1. The van der Waals surface area contributed by atoms with Crippen molar-refractivity contribution in [3.05, 3.63) is 35.4 Å². The summed E-state index contributed by atoms with van der Waals surface area (Å²) in [4.78, 5) is 6.88. The van der Waals surface area contributed by atoms with Crippen LogP contribution < -0.4 is 10.6 Å². The van der Waals surface area contributed by atoms with Crippen LogP contribution in [0.2, 0.25) is 0 Å². The maximum absolute atomic E-state index is 8.84. The van der Waals surface area contributed by atoms with E-state index < -0.39 is 0 Å². The first kappa shape index (κ1) is 18.3. The molecule has 0 aromatic heterocycles. The Kier molecular flexibility index (Phi) is 6.62. The quantitative estimate of drug-likeness (QED) is 0.644. The van der Waals surface area contributed by atoms with Crippen molar-refractivity contribution in [3.8, 4) is 6.07 Å². The summed E-state index contributed by atoms with van der Waals surface area (Å²) in [5.41, 5.74) is 1.93. The van der Waals surface area contributed by atoms with Gasteiger partial charge in [0.2, 0.25) is 0 Å². The molecule has 1 aliphatic heterocycles. The van der Waals surface area contributed by atoms with Gasteiger partial charge in [0.25, 0.3) is 0 Å². The van der Waals surface area contributed by atoms with Gasteiger partial charge < -0.3 is 10.6 Å². The molecule has 1 fully saturated rings. The second-order valence-electron chi connectivity index (χ2n) is 6.95. The SMILES string of the molecule is CN=C(NCc1ccc(C#N)cc1)NCC(C)(C)N1CCCCC1. The van der Waals surface area contributed by atoms with E-state index in [1.807, 2.05) is 24.3 Å². The van der Waals surface area contributed by atoms with Crippen molar-refractivity contribution in [3.63, 3.8) is 0 Å². The van der Waals surface area contributed by atoms with Crippen LogP contribution in [-0.2, 0) is 6.54 Å². The molecule has 1 heterocycles. The molecule has 0 bridgehead atoms. The Hall–Kier alpha value is -2.06. The number of aliphatic imine (C=N–C) groups is 1. The molecule has 5 heteroatoms. The van der Waals surface area contributed by atoms with E-state index in [9.17, 15) is 0 Å². The lowest BCUT2D eigenvalue weighted by Crippen LogP contribution is -2.54. The number of likely N-dealkylation sites (tertiary alicyclic amines) is 1. The van der Waals surface area contributed by atoms with Crippen LogP contribution in [0.3, 0.4) is 0 Å². The first-order valence-corrected chi connectivity index (χ1v) is 8.74. The van der Waals surface area contributed by atoms with E-state index in [2.05, 4.69) is 40.4 Å². The minimum atomic E-state index is 0.118. The molecule has 0 spiro atoms. The average molecular weight is 327 g/mol. The number of benzene rings is 1. The van der Waals surface area contributed by atoms with E-state index >= 15 is 0 Å². The number of piperidine rings is 1. The van der Waals surface area contributed by atoms with Gasteiger partial charge in [-0.05, 0) is 57.5 Å². The lowest BCUT2D eigenvalue weighted by Gasteiger charge is -2.41.